The van der Waals surface area contributed by atoms with E-state index in [-0.39, 0.29) is 5.91 Å². The minimum atomic E-state index is 0.0594. The molecule has 0 spiro atoms. The summed E-state index contributed by atoms with van der Waals surface area (Å²) < 4.78 is 1.84. The van der Waals surface area contributed by atoms with Gasteiger partial charge in [0.25, 0.3) is 0 Å². The van der Waals surface area contributed by atoms with Gasteiger partial charge in [-0.2, -0.15) is 0 Å². The Bertz CT molecular complexity index is 589. The van der Waals surface area contributed by atoms with Crippen LogP contribution < -0.4 is 5.32 Å². The van der Waals surface area contributed by atoms with Crippen molar-refractivity contribution in [3.05, 3.63) is 35.9 Å². The van der Waals surface area contributed by atoms with Gasteiger partial charge in [-0.15, -0.1) is 10.2 Å². The van der Waals surface area contributed by atoms with Crippen LogP contribution in [0, 0.1) is 0 Å². The van der Waals surface area contributed by atoms with Crippen molar-refractivity contribution in [3.63, 3.8) is 0 Å². The third-order valence-electron chi connectivity index (χ3n) is 2.96. The molecule has 0 atom stereocenters. The molecule has 0 aliphatic carbocycles. The van der Waals surface area contributed by atoms with Gasteiger partial charge in [-0.3, -0.25) is 4.79 Å². The standard InChI is InChI=1S/C16H21N3OS3/c1-2-10-17-14(20)12-22-16-19-18-15(23-16)21-11-6-9-13-7-4-3-5-8-13/h3-5,7-8H,2,6,9-12H2,1H3,(H,17,20). The number of aryl methyl sites for hydroxylation is 1. The molecular formula is C16H21N3OS3. The Balaban J connectivity index is 1.63. The van der Waals surface area contributed by atoms with Crippen molar-refractivity contribution in [1.82, 2.24) is 15.5 Å². The van der Waals surface area contributed by atoms with Crippen molar-refractivity contribution in [2.45, 2.75) is 34.9 Å². The highest BCUT2D eigenvalue weighted by molar-refractivity contribution is 8.03. The number of carbonyl (C=O) groups excluding carboxylic acids is 1. The first-order valence-electron chi connectivity index (χ1n) is 7.67. The number of hydrogen-bond acceptors (Lipinski definition) is 6. The lowest BCUT2D eigenvalue weighted by molar-refractivity contribution is -0.118. The van der Waals surface area contributed by atoms with E-state index in [0.717, 1.165) is 40.2 Å². The van der Waals surface area contributed by atoms with Gasteiger partial charge in [0.1, 0.15) is 0 Å². The Labute approximate surface area is 149 Å². The Morgan fingerprint density at radius 3 is 2.65 bits per heavy atom. The quantitative estimate of drug-likeness (QED) is 0.510. The average Bonchev–Trinajstić information content (AvgIpc) is 3.04. The number of amides is 1. The fraction of sp³-hybridized carbons (Fsp3) is 0.438. The molecule has 1 amide bonds. The van der Waals surface area contributed by atoms with Crippen LogP contribution in [0.1, 0.15) is 25.3 Å². The molecule has 23 heavy (non-hydrogen) atoms. The molecule has 2 aromatic rings. The van der Waals surface area contributed by atoms with Crippen LogP contribution in [0.25, 0.3) is 0 Å². The SMILES string of the molecule is CCCNC(=O)CSc1nnc(SCCCc2ccccc2)s1. The second-order valence-corrected chi connectivity index (χ2v) is 8.45. The highest BCUT2D eigenvalue weighted by Crippen LogP contribution is 2.29. The van der Waals surface area contributed by atoms with Crippen LogP contribution in [-0.2, 0) is 11.2 Å². The minimum absolute atomic E-state index is 0.0594. The van der Waals surface area contributed by atoms with Gasteiger partial charge < -0.3 is 5.32 Å². The molecule has 1 heterocycles. The largest absolute Gasteiger partial charge is 0.355 e. The van der Waals surface area contributed by atoms with Gasteiger partial charge in [-0.1, -0.05) is 72.1 Å². The number of nitrogens with one attached hydrogen (secondary N) is 1. The molecule has 0 unspecified atom stereocenters. The third-order valence-corrected chi connectivity index (χ3v) is 6.24. The van der Waals surface area contributed by atoms with Crippen LogP contribution >= 0.6 is 34.9 Å². The number of aromatic nitrogens is 2. The lowest BCUT2D eigenvalue weighted by Crippen LogP contribution is -2.25. The summed E-state index contributed by atoms with van der Waals surface area (Å²) in [6, 6.07) is 10.5. The fourth-order valence-electron chi connectivity index (χ4n) is 1.84. The van der Waals surface area contributed by atoms with Gasteiger partial charge in [0.05, 0.1) is 5.75 Å². The highest BCUT2D eigenvalue weighted by atomic mass is 32.2. The second kappa shape index (κ2) is 10.7. The summed E-state index contributed by atoms with van der Waals surface area (Å²) in [7, 11) is 0. The highest BCUT2D eigenvalue weighted by Gasteiger charge is 2.08. The van der Waals surface area contributed by atoms with Gasteiger partial charge in [0, 0.05) is 12.3 Å². The topological polar surface area (TPSA) is 54.9 Å². The molecule has 2 rings (SSSR count). The Hall–Kier alpha value is -1.05. The number of nitrogens with zero attached hydrogens (tertiary/aromatic N) is 2. The molecule has 0 radical (unpaired) electrons. The maximum atomic E-state index is 11.5. The fourth-order valence-corrected chi connectivity index (χ4v) is 4.70. The smallest absolute Gasteiger partial charge is 0.230 e. The molecule has 7 heteroatoms. The predicted molar refractivity (Wildman–Crippen MR) is 99.4 cm³/mol. The van der Waals surface area contributed by atoms with Gasteiger partial charge in [-0.25, -0.2) is 0 Å². The van der Waals surface area contributed by atoms with Crippen molar-refractivity contribution in [2.75, 3.05) is 18.1 Å². The lowest BCUT2D eigenvalue weighted by atomic mass is 10.1. The third kappa shape index (κ3) is 7.37. The van der Waals surface area contributed by atoms with Crippen molar-refractivity contribution < 1.29 is 4.79 Å². The van der Waals surface area contributed by atoms with Crippen LogP contribution in [0.3, 0.4) is 0 Å². The van der Waals surface area contributed by atoms with Crippen molar-refractivity contribution >= 4 is 40.8 Å². The Morgan fingerprint density at radius 1 is 1.17 bits per heavy atom. The molecule has 1 N–H and O–H groups in total. The molecule has 0 aliphatic heterocycles. The van der Waals surface area contributed by atoms with Crippen LogP contribution in [0.15, 0.2) is 39.0 Å². The number of carbonyl (C=O) groups is 1. The zero-order valence-corrected chi connectivity index (χ0v) is 15.6. The van der Waals surface area contributed by atoms with E-state index in [0.29, 0.717) is 5.75 Å². The van der Waals surface area contributed by atoms with E-state index < -0.39 is 0 Å². The Kier molecular flexibility index (Phi) is 8.49. The molecule has 1 aromatic carbocycles. The lowest BCUT2D eigenvalue weighted by Gasteiger charge is -2.00. The maximum Gasteiger partial charge on any atom is 0.230 e. The zero-order chi connectivity index (χ0) is 16.3. The normalized spacial score (nSPS) is 10.7. The predicted octanol–water partition coefficient (Wildman–Crippen LogP) is 3.88. The molecule has 4 nitrogen and oxygen atoms in total. The van der Waals surface area contributed by atoms with E-state index in [1.54, 1.807) is 23.1 Å². The van der Waals surface area contributed by atoms with Gasteiger partial charge >= 0.3 is 0 Å². The molecule has 124 valence electrons. The summed E-state index contributed by atoms with van der Waals surface area (Å²) in [6.07, 6.45) is 3.17. The van der Waals surface area contributed by atoms with Gasteiger partial charge in [0.15, 0.2) is 8.68 Å². The first kappa shape index (κ1) is 18.3. The van der Waals surface area contributed by atoms with Crippen LogP contribution in [0.4, 0.5) is 0 Å². The summed E-state index contributed by atoms with van der Waals surface area (Å²) >= 11 is 4.76. The van der Waals surface area contributed by atoms with E-state index in [9.17, 15) is 4.79 Å². The van der Waals surface area contributed by atoms with Crippen molar-refractivity contribution in [1.29, 1.82) is 0 Å². The minimum Gasteiger partial charge on any atom is -0.355 e. The van der Waals surface area contributed by atoms with E-state index >= 15 is 0 Å². The van der Waals surface area contributed by atoms with Crippen LogP contribution in [0.2, 0.25) is 0 Å². The van der Waals surface area contributed by atoms with Crippen LogP contribution in [0.5, 0.6) is 0 Å². The van der Waals surface area contributed by atoms with Crippen LogP contribution in [-0.4, -0.2) is 34.2 Å². The first-order chi connectivity index (χ1) is 11.3. The summed E-state index contributed by atoms with van der Waals surface area (Å²) in [4.78, 5) is 11.5. The average molecular weight is 368 g/mol. The zero-order valence-electron chi connectivity index (χ0n) is 13.2. The number of rotatable bonds is 10. The van der Waals surface area contributed by atoms with E-state index in [2.05, 4.69) is 39.8 Å². The molecule has 0 aliphatic rings. The maximum absolute atomic E-state index is 11.5. The molecule has 0 bridgehead atoms. The first-order valence-corrected chi connectivity index (χ1v) is 10.5. The summed E-state index contributed by atoms with van der Waals surface area (Å²) in [5.41, 5.74) is 1.37. The molecular weight excluding hydrogens is 346 g/mol. The second-order valence-electron chi connectivity index (χ2n) is 4.91. The van der Waals surface area contributed by atoms with Gasteiger partial charge in [-0.05, 0) is 24.8 Å². The van der Waals surface area contributed by atoms with E-state index in [1.165, 1.54) is 17.3 Å². The molecule has 0 saturated heterocycles. The molecule has 0 saturated carbocycles. The number of hydrogen-bond donors (Lipinski definition) is 1. The van der Waals surface area contributed by atoms with Gasteiger partial charge in [0.2, 0.25) is 5.91 Å². The number of benzene rings is 1. The van der Waals surface area contributed by atoms with E-state index in [1.807, 2.05) is 13.0 Å². The summed E-state index contributed by atoms with van der Waals surface area (Å²) in [5, 5.41) is 11.2. The van der Waals surface area contributed by atoms with Crippen molar-refractivity contribution in [3.8, 4) is 0 Å². The molecule has 0 fully saturated rings. The summed E-state index contributed by atoms with van der Waals surface area (Å²) in [6.45, 7) is 2.78. The van der Waals surface area contributed by atoms with Crippen molar-refractivity contribution in [2.24, 2.45) is 0 Å². The molecule has 1 aromatic heterocycles. The monoisotopic (exact) mass is 367 g/mol. The van der Waals surface area contributed by atoms with E-state index in [4.69, 9.17) is 0 Å². The summed E-state index contributed by atoms with van der Waals surface area (Å²) in [5.74, 6) is 1.50. The Morgan fingerprint density at radius 2 is 1.91 bits per heavy atom. The number of thioether (sulfide) groups is 2.